The van der Waals surface area contributed by atoms with Crippen LogP contribution >= 0.6 is 27.7 Å². The molecule has 0 radical (unpaired) electrons. The van der Waals surface area contributed by atoms with Gasteiger partial charge in [0.05, 0.1) is 11.3 Å². The van der Waals surface area contributed by atoms with Gasteiger partial charge in [0.1, 0.15) is 0 Å². The SMILES string of the molecule is Cc1cc(C(=O)CSc2nnc(-c3ccccc3Br)o2)c(C)n1C. The van der Waals surface area contributed by atoms with Crippen molar-refractivity contribution in [1.29, 1.82) is 0 Å². The summed E-state index contributed by atoms with van der Waals surface area (Å²) >= 11 is 4.72. The van der Waals surface area contributed by atoms with Gasteiger partial charge in [0, 0.05) is 28.5 Å². The van der Waals surface area contributed by atoms with Crippen molar-refractivity contribution in [2.45, 2.75) is 19.1 Å². The Kier molecular flexibility index (Phi) is 4.91. The Labute approximate surface area is 152 Å². The first-order chi connectivity index (χ1) is 11.5. The molecule has 3 rings (SSSR count). The lowest BCUT2D eigenvalue weighted by Crippen LogP contribution is -2.04. The maximum atomic E-state index is 12.4. The molecule has 2 heterocycles. The number of aromatic nitrogens is 3. The Morgan fingerprint density at radius 2 is 2.04 bits per heavy atom. The number of nitrogens with zero attached hydrogens (tertiary/aromatic N) is 3. The van der Waals surface area contributed by atoms with Crippen LogP contribution in [0, 0.1) is 13.8 Å². The zero-order chi connectivity index (χ0) is 17.3. The molecule has 0 saturated carbocycles. The molecule has 1 aromatic carbocycles. The summed E-state index contributed by atoms with van der Waals surface area (Å²) in [5, 5.41) is 8.45. The first-order valence-corrected chi connectivity index (χ1v) is 9.12. The Hall–Kier alpha value is -1.86. The molecule has 0 unspecified atom stereocenters. The van der Waals surface area contributed by atoms with Gasteiger partial charge in [0.15, 0.2) is 5.78 Å². The summed E-state index contributed by atoms with van der Waals surface area (Å²) in [5.74, 6) is 0.757. The van der Waals surface area contributed by atoms with Crippen LogP contribution in [0.25, 0.3) is 11.5 Å². The van der Waals surface area contributed by atoms with Gasteiger partial charge < -0.3 is 8.98 Å². The van der Waals surface area contributed by atoms with Crippen LogP contribution in [-0.4, -0.2) is 26.3 Å². The maximum absolute atomic E-state index is 12.4. The highest BCUT2D eigenvalue weighted by Gasteiger charge is 2.17. The highest BCUT2D eigenvalue weighted by atomic mass is 79.9. The van der Waals surface area contributed by atoms with Crippen molar-refractivity contribution < 1.29 is 9.21 Å². The van der Waals surface area contributed by atoms with E-state index in [0.29, 0.717) is 11.1 Å². The van der Waals surface area contributed by atoms with Crippen molar-refractivity contribution in [3.05, 3.63) is 51.8 Å². The van der Waals surface area contributed by atoms with Crippen LogP contribution in [0.5, 0.6) is 0 Å². The number of Topliss-reactive ketones (excluding diaryl/α,β-unsaturated/α-hetero) is 1. The molecule has 0 fully saturated rings. The largest absolute Gasteiger partial charge is 0.411 e. The molecule has 2 aromatic heterocycles. The molecule has 0 aliphatic carbocycles. The zero-order valence-electron chi connectivity index (χ0n) is 13.5. The molecule has 24 heavy (non-hydrogen) atoms. The minimum absolute atomic E-state index is 0.0573. The molecule has 0 aliphatic heterocycles. The smallest absolute Gasteiger partial charge is 0.277 e. The van der Waals surface area contributed by atoms with Gasteiger partial charge in [0.25, 0.3) is 5.22 Å². The van der Waals surface area contributed by atoms with Crippen molar-refractivity contribution >= 4 is 33.5 Å². The molecular weight excluding hydrogens is 390 g/mol. The van der Waals surface area contributed by atoms with Crippen LogP contribution in [0.1, 0.15) is 21.7 Å². The minimum Gasteiger partial charge on any atom is -0.411 e. The summed E-state index contributed by atoms with van der Waals surface area (Å²) in [4.78, 5) is 12.4. The molecule has 0 amide bonds. The Morgan fingerprint density at radius 3 is 2.71 bits per heavy atom. The molecule has 0 N–H and O–H groups in total. The number of ketones is 1. The molecule has 0 bridgehead atoms. The number of carbonyl (C=O) groups is 1. The van der Waals surface area contributed by atoms with Crippen molar-refractivity contribution in [3.8, 4) is 11.5 Å². The molecular formula is C17H16BrN3O2S. The fourth-order valence-electron chi connectivity index (χ4n) is 2.35. The van der Waals surface area contributed by atoms with Crippen LogP contribution in [0.3, 0.4) is 0 Å². The average molecular weight is 406 g/mol. The lowest BCUT2D eigenvalue weighted by atomic mass is 10.2. The Morgan fingerprint density at radius 1 is 1.29 bits per heavy atom. The van der Waals surface area contributed by atoms with E-state index >= 15 is 0 Å². The molecule has 124 valence electrons. The van der Waals surface area contributed by atoms with Crippen LogP contribution in [0.2, 0.25) is 0 Å². The van der Waals surface area contributed by atoms with E-state index in [2.05, 4.69) is 26.1 Å². The van der Waals surface area contributed by atoms with Gasteiger partial charge in [-0.05, 0) is 48.0 Å². The van der Waals surface area contributed by atoms with E-state index in [4.69, 9.17) is 4.42 Å². The molecule has 0 atom stereocenters. The van der Waals surface area contributed by atoms with E-state index in [9.17, 15) is 4.79 Å². The second-order valence-electron chi connectivity index (χ2n) is 5.41. The van der Waals surface area contributed by atoms with Crippen LogP contribution in [-0.2, 0) is 7.05 Å². The van der Waals surface area contributed by atoms with Crippen molar-refractivity contribution in [2.24, 2.45) is 7.05 Å². The number of rotatable bonds is 5. The third kappa shape index (κ3) is 3.32. The van der Waals surface area contributed by atoms with Gasteiger partial charge in [-0.25, -0.2) is 0 Å². The highest BCUT2D eigenvalue weighted by Crippen LogP contribution is 2.29. The van der Waals surface area contributed by atoms with Crippen molar-refractivity contribution in [1.82, 2.24) is 14.8 Å². The highest BCUT2D eigenvalue weighted by molar-refractivity contribution is 9.10. The quantitative estimate of drug-likeness (QED) is 0.464. The Balaban J connectivity index is 1.71. The van der Waals surface area contributed by atoms with Crippen LogP contribution in [0.4, 0.5) is 0 Å². The normalized spacial score (nSPS) is 11.0. The van der Waals surface area contributed by atoms with Crippen LogP contribution < -0.4 is 0 Å². The summed E-state index contributed by atoms with van der Waals surface area (Å²) in [7, 11) is 1.95. The van der Waals surface area contributed by atoms with Gasteiger partial charge in [0.2, 0.25) is 5.89 Å². The number of hydrogen-bond donors (Lipinski definition) is 0. The fraction of sp³-hybridized carbons (Fsp3) is 0.235. The second kappa shape index (κ2) is 6.94. The van der Waals surface area contributed by atoms with Gasteiger partial charge in [-0.1, -0.05) is 23.9 Å². The Bertz CT molecular complexity index is 901. The summed E-state index contributed by atoms with van der Waals surface area (Å²) in [6, 6.07) is 9.55. The lowest BCUT2D eigenvalue weighted by Gasteiger charge is -2.01. The van der Waals surface area contributed by atoms with Crippen LogP contribution in [0.15, 0.2) is 44.4 Å². The van der Waals surface area contributed by atoms with E-state index in [1.807, 2.05) is 55.8 Å². The first-order valence-electron chi connectivity index (χ1n) is 7.34. The number of benzene rings is 1. The van der Waals surface area contributed by atoms with E-state index in [0.717, 1.165) is 27.0 Å². The molecule has 3 aromatic rings. The van der Waals surface area contributed by atoms with E-state index in [-0.39, 0.29) is 11.5 Å². The number of aryl methyl sites for hydroxylation is 1. The van der Waals surface area contributed by atoms with Crippen molar-refractivity contribution in [3.63, 3.8) is 0 Å². The maximum Gasteiger partial charge on any atom is 0.277 e. The minimum atomic E-state index is 0.0573. The topological polar surface area (TPSA) is 60.9 Å². The summed E-state index contributed by atoms with van der Waals surface area (Å²) in [6.45, 7) is 3.93. The molecule has 0 aliphatic rings. The summed E-state index contributed by atoms with van der Waals surface area (Å²) < 4.78 is 8.54. The van der Waals surface area contributed by atoms with E-state index < -0.39 is 0 Å². The second-order valence-corrected chi connectivity index (χ2v) is 7.19. The number of halogens is 1. The van der Waals surface area contributed by atoms with Gasteiger partial charge in [-0.3, -0.25) is 4.79 Å². The molecule has 0 spiro atoms. The lowest BCUT2D eigenvalue weighted by molar-refractivity contribution is 0.102. The monoisotopic (exact) mass is 405 g/mol. The molecule has 5 nitrogen and oxygen atoms in total. The van der Waals surface area contributed by atoms with Gasteiger partial charge in [-0.2, -0.15) is 0 Å². The average Bonchev–Trinajstić information content (AvgIpc) is 3.14. The predicted octanol–water partition coefficient (Wildman–Crippen LogP) is 4.43. The zero-order valence-corrected chi connectivity index (χ0v) is 15.9. The van der Waals surface area contributed by atoms with E-state index in [1.54, 1.807) is 0 Å². The van der Waals surface area contributed by atoms with Gasteiger partial charge >= 0.3 is 0 Å². The third-order valence-corrected chi connectivity index (χ3v) is 5.42. The fourth-order valence-corrected chi connectivity index (χ4v) is 3.46. The van der Waals surface area contributed by atoms with Crippen molar-refractivity contribution in [2.75, 3.05) is 5.75 Å². The standard InChI is InChI=1S/C17H16BrN3O2S/c1-10-8-13(11(2)21(10)3)15(22)9-24-17-20-19-16(23-17)12-6-4-5-7-14(12)18/h4-8H,9H2,1-3H3. The first kappa shape index (κ1) is 17.0. The summed E-state index contributed by atoms with van der Waals surface area (Å²) in [6.07, 6.45) is 0. The summed E-state index contributed by atoms with van der Waals surface area (Å²) in [5.41, 5.74) is 3.61. The number of thioether (sulfide) groups is 1. The molecule has 7 heteroatoms. The number of carbonyl (C=O) groups excluding carboxylic acids is 1. The predicted molar refractivity (Wildman–Crippen MR) is 97.4 cm³/mol. The number of hydrogen-bond acceptors (Lipinski definition) is 5. The van der Waals surface area contributed by atoms with E-state index in [1.165, 1.54) is 11.8 Å². The van der Waals surface area contributed by atoms with Gasteiger partial charge in [-0.15, -0.1) is 10.2 Å². The third-order valence-electron chi connectivity index (χ3n) is 3.91. The molecule has 0 saturated heterocycles.